The highest BCUT2D eigenvalue weighted by Crippen LogP contribution is 2.23. The second-order valence-electron chi connectivity index (χ2n) is 3.32. The lowest BCUT2D eigenvalue weighted by atomic mass is 10.3. The van der Waals surface area contributed by atoms with Gasteiger partial charge in [-0.2, -0.15) is 0 Å². The highest BCUT2D eigenvalue weighted by atomic mass is 79.9. The molecule has 0 fully saturated rings. The fourth-order valence-electron chi connectivity index (χ4n) is 1.23. The zero-order valence-corrected chi connectivity index (χ0v) is 12.8. The SMILES string of the molecule is Cc1nc(NC(=O)c2ccc(Br)s2)ccc1Br. The molecule has 2 heterocycles. The van der Waals surface area contributed by atoms with Crippen molar-refractivity contribution < 1.29 is 4.79 Å². The molecular formula is C11H8Br2N2OS. The lowest BCUT2D eigenvalue weighted by Crippen LogP contribution is -2.11. The van der Waals surface area contributed by atoms with E-state index in [1.54, 1.807) is 12.1 Å². The summed E-state index contributed by atoms with van der Waals surface area (Å²) in [4.78, 5) is 16.8. The Morgan fingerprint density at radius 1 is 1.29 bits per heavy atom. The molecule has 0 saturated heterocycles. The fraction of sp³-hybridized carbons (Fsp3) is 0.0909. The van der Waals surface area contributed by atoms with Crippen LogP contribution in [0.1, 0.15) is 15.4 Å². The normalized spacial score (nSPS) is 10.3. The minimum atomic E-state index is -0.144. The molecule has 1 N–H and O–H groups in total. The molecule has 6 heteroatoms. The predicted octanol–water partition coefficient (Wildman–Crippen LogP) is 4.23. The van der Waals surface area contributed by atoms with Crippen LogP contribution in [0.25, 0.3) is 0 Å². The Labute approximate surface area is 120 Å². The van der Waals surface area contributed by atoms with Crippen molar-refractivity contribution in [2.24, 2.45) is 0 Å². The van der Waals surface area contributed by atoms with Crippen molar-refractivity contribution in [2.45, 2.75) is 6.92 Å². The summed E-state index contributed by atoms with van der Waals surface area (Å²) in [5.74, 6) is 0.412. The van der Waals surface area contributed by atoms with Crippen LogP contribution in [0.5, 0.6) is 0 Å². The first kappa shape index (κ1) is 12.7. The summed E-state index contributed by atoms with van der Waals surface area (Å²) in [5.41, 5.74) is 0.843. The van der Waals surface area contributed by atoms with Gasteiger partial charge < -0.3 is 5.32 Å². The first-order valence-corrected chi connectivity index (χ1v) is 7.16. The lowest BCUT2D eigenvalue weighted by molar-refractivity contribution is 0.103. The molecule has 0 aliphatic rings. The Morgan fingerprint density at radius 2 is 2.06 bits per heavy atom. The quantitative estimate of drug-likeness (QED) is 0.853. The minimum Gasteiger partial charge on any atom is -0.306 e. The summed E-state index contributed by atoms with van der Waals surface area (Å²) in [6.45, 7) is 1.88. The average molecular weight is 376 g/mol. The van der Waals surface area contributed by atoms with E-state index >= 15 is 0 Å². The van der Waals surface area contributed by atoms with Gasteiger partial charge in [-0.15, -0.1) is 11.3 Å². The Morgan fingerprint density at radius 3 is 2.65 bits per heavy atom. The van der Waals surface area contributed by atoms with Gasteiger partial charge in [-0.25, -0.2) is 4.98 Å². The first-order valence-electron chi connectivity index (χ1n) is 4.76. The summed E-state index contributed by atoms with van der Waals surface area (Å²) >= 11 is 8.08. The molecule has 0 aromatic carbocycles. The predicted molar refractivity (Wildman–Crippen MR) is 76.6 cm³/mol. The number of thiophene rings is 1. The van der Waals surface area contributed by atoms with Crippen LogP contribution in [0, 0.1) is 6.92 Å². The molecule has 2 aromatic rings. The van der Waals surface area contributed by atoms with Crippen molar-refractivity contribution in [3.63, 3.8) is 0 Å². The van der Waals surface area contributed by atoms with Crippen LogP contribution in [0.3, 0.4) is 0 Å². The number of aryl methyl sites for hydroxylation is 1. The molecule has 0 bridgehead atoms. The van der Waals surface area contributed by atoms with Crippen LogP contribution in [0.4, 0.5) is 5.82 Å². The molecule has 0 radical (unpaired) electrons. The van der Waals surface area contributed by atoms with Gasteiger partial charge in [-0.05, 0) is 63.0 Å². The Hall–Kier alpha value is -0.720. The molecule has 17 heavy (non-hydrogen) atoms. The average Bonchev–Trinajstić information content (AvgIpc) is 2.70. The maximum atomic E-state index is 11.9. The van der Waals surface area contributed by atoms with E-state index in [1.807, 2.05) is 19.1 Å². The molecule has 0 unspecified atom stereocenters. The van der Waals surface area contributed by atoms with Gasteiger partial charge in [-0.1, -0.05) is 0 Å². The molecule has 0 atom stereocenters. The molecule has 0 saturated carbocycles. The van der Waals surface area contributed by atoms with Gasteiger partial charge in [-0.3, -0.25) is 4.79 Å². The molecule has 88 valence electrons. The van der Waals surface area contributed by atoms with E-state index in [1.165, 1.54) is 11.3 Å². The molecule has 3 nitrogen and oxygen atoms in total. The van der Waals surface area contributed by atoms with E-state index in [2.05, 4.69) is 42.2 Å². The van der Waals surface area contributed by atoms with Crippen LogP contribution >= 0.6 is 43.2 Å². The van der Waals surface area contributed by atoms with Crippen molar-refractivity contribution in [3.05, 3.63) is 43.1 Å². The van der Waals surface area contributed by atoms with Crippen molar-refractivity contribution in [1.82, 2.24) is 4.98 Å². The number of pyridine rings is 1. The number of aromatic nitrogens is 1. The van der Waals surface area contributed by atoms with Gasteiger partial charge in [0.1, 0.15) is 5.82 Å². The van der Waals surface area contributed by atoms with Gasteiger partial charge in [0, 0.05) is 4.47 Å². The van der Waals surface area contributed by atoms with Crippen molar-refractivity contribution in [2.75, 3.05) is 5.32 Å². The highest BCUT2D eigenvalue weighted by molar-refractivity contribution is 9.11. The van der Waals surface area contributed by atoms with Gasteiger partial charge in [0.2, 0.25) is 0 Å². The standard InChI is InChI=1S/C11H8Br2N2OS/c1-6-7(12)2-5-10(14-6)15-11(16)8-3-4-9(13)17-8/h2-5H,1H3,(H,14,15,16). The maximum absolute atomic E-state index is 11.9. The van der Waals surface area contributed by atoms with Crippen LogP contribution < -0.4 is 5.32 Å². The monoisotopic (exact) mass is 374 g/mol. The van der Waals surface area contributed by atoms with E-state index in [0.29, 0.717) is 10.7 Å². The number of nitrogens with one attached hydrogen (secondary N) is 1. The first-order chi connectivity index (χ1) is 8.06. The molecule has 0 spiro atoms. The number of rotatable bonds is 2. The maximum Gasteiger partial charge on any atom is 0.266 e. The smallest absolute Gasteiger partial charge is 0.266 e. The molecule has 0 aliphatic carbocycles. The van der Waals surface area contributed by atoms with Gasteiger partial charge >= 0.3 is 0 Å². The number of halogens is 2. The number of hydrogen-bond donors (Lipinski definition) is 1. The van der Waals surface area contributed by atoms with E-state index in [4.69, 9.17) is 0 Å². The van der Waals surface area contributed by atoms with E-state index in [0.717, 1.165) is 14.0 Å². The van der Waals surface area contributed by atoms with Crippen molar-refractivity contribution in [1.29, 1.82) is 0 Å². The lowest BCUT2D eigenvalue weighted by Gasteiger charge is -2.04. The third-order valence-electron chi connectivity index (χ3n) is 2.06. The number of carbonyl (C=O) groups is 1. The molecule has 2 rings (SSSR count). The Bertz CT molecular complexity index is 568. The van der Waals surface area contributed by atoms with Crippen LogP contribution in [0.2, 0.25) is 0 Å². The third-order valence-corrected chi connectivity index (χ3v) is 4.52. The number of carbonyl (C=O) groups excluding carboxylic acids is 1. The van der Waals surface area contributed by atoms with E-state index in [9.17, 15) is 4.79 Å². The van der Waals surface area contributed by atoms with Crippen LogP contribution in [0.15, 0.2) is 32.5 Å². The summed E-state index contributed by atoms with van der Waals surface area (Å²) in [6, 6.07) is 7.25. The highest BCUT2D eigenvalue weighted by Gasteiger charge is 2.09. The van der Waals surface area contributed by atoms with Gasteiger partial charge in [0.05, 0.1) is 14.4 Å². The zero-order valence-electron chi connectivity index (χ0n) is 8.83. The third kappa shape index (κ3) is 3.14. The summed E-state index contributed by atoms with van der Waals surface area (Å²) in [6.07, 6.45) is 0. The Balaban J connectivity index is 2.15. The summed E-state index contributed by atoms with van der Waals surface area (Å²) in [5, 5.41) is 2.76. The largest absolute Gasteiger partial charge is 0.306 e. The summed E-state index contributed by atoms with van der Waals surface area (Å²) in [7, 11) is 0. The van der Waals surface area contributed by atoms with Crippen molar-refractivity contribution >= 4 is 54.9 Å². The molecular weight excluding hydrogens is 368 g/mol. The molecule has 0 aliphatic heterocycles. The van der Waals surface area contributed by atoms with Gasteiger partial charge in [0.25, 0.3) is 5.91 Å². The topological polar surface area (TPSA) is 42.0 Å². The molecule has 1 amide bonds. The summed E-state index contributed by atoms with van der Waals surface area (Å²) < 4.78 is 1.86. The van der Waals surface area contributed by atoms with Crippen LogP contribution in [-0.4, -0.2) is 10.9 Å². The number of nitrogens with zero attached hydrogens (tertiary/aromatic N) is 1. The van der Waals surface area contributed by atoms with Gasteiger partial charge in [0.15, 0.2) is 0 Å². The van der Waals surface area contributed by atoms with E-state index < -0.39 is 0 Å². The van der Waals surface area contributed by atoms with Crippen LogP contribution in [-0.2, 0) is 0 Å². The number of hydrogen-bond acceptors (Lipinski definition) is 3. The minimum absolute atomic E-state index is 0.144. The number of anilines is 1. The fourth-order valence-corrected chi connectivity index (χ4v) is 2.73. The van der Waals surface area contributed by atoms with Crippen molar-refractivity contribution in [3.8, 4) is 0 Å². The second kappa shape index (κ2) is 5.29. The molecule has 2 aromatic heterocycles. The Kier molecular flexibility index (Phi) is 3.96. The number of amides is 1. The second-order valence-corrected chi connectivity index (χ2v) is 6.64. The van der Waals surface area contributed by atoms with E-state index in [-0.39, 0.29) is 5.91 Å². The zero-order chi connectivity index (χ0) is 12.4.